The molecule has 0 saturated heterocycles. The molecule has 0 aromatic heterocycles. The summed E-state index contributed by atoms with van der Waals surface area (Å²) in [5, 5.41) is 0. The Hall–Kier alpha value is 0.504. The Morgan fingerprint density at radius 1 is 0.778 bits per heavy atom. The van der Waals surface area contributed by atoms with Gasteiger partial charge in [-0.2, -0.15) is 0 Å². The molecule has 0 fully saturated rings. The average Bonchev–Trinajstić information content (AvgIpc) is 1.61. The molecule has 0 rings (SSSR count). The van der Waals surface area contributed by atoms with Crippen molar-refractivity contribution >= 4 is 0 Å². The van der Waals surface area contributed by atoms with Crippen molar-refractivity contribution in [2.45, 2.75) is 0 Å². The number of hydrogen-bond donors (Lipinski definition) is 0. The maximum atomic E-state index is 2.18. The monoisotopic (exact) mass is 167 g/mol. The van der Waals surface area contributed by atoms with E-state index in [1.807, 2.05) is 0 Å². The summed E-state index contributed by atoms with van der Waals surface area (Å²) >= 11 is 0. The second kappa shape index (κ2) is 6.62. The normalized spacial score (nSPS) is 10.0. The standard InChI is InChI=1S/C6H16N2.V/c1-7(2)5-6-8(3)4;/h5-6H2,1-4H3;. The molecular formula is C6H16N2V. The summed E-state index contributed by atoms with van der Waals surface area (Å²) in [4.78, 5) is 4.36. The third-order valence-electron chi connectivity index (χ3n) is 0.994. The maximum Gasteiger partial charge on any atom is 0.0103 e. The van der Waals surface area contributed by atoms with Gasteiger partial charge in [0.05, 0.1) is 0 Å². The zero-order valence-corrected chi connectivity index (χ0v) is 8.15. The summed E-state index contributed by atoms with van der Waals surface area (Å²) in [7, 11) is 8.35. The molecule has 2 nitrogen and oxygen atoms in total. The van der Waals surface area contributed by atoms with Crippen molar-refractivity contribution in [3.8, 4) is 0 Å². The van der Waals surface area contributed by atoms with Gasteiger partial charge in [-0.25, -0.2) is 0 Å². The molecule has 0 heterocycles. The summed E-state index contributed by atoms with van der Waals surface area (Å²) in [6.07, 6.45) is 0. The summed E-state index contributed by atoms with van der Waals surface area (Å²) in [5.41, 5.74) is 0. The predicted molar refractivity (Wildman–Crippen MR) is 37.1 cm³/mol. The third-order valence-corrected chi connectivity index (χ3v) is 0.994. The van der Waals surface area contributed by atoms with Gasteiger partial charge in [0.2, 0.25) is 0 Å². The van der Waals surface area contributed by atoms with Crippen molar-refractivity contribution in [1.82, 2.24) is 9.80 Å². The largest absolute Gasteiger partial charge is 0.308 e. The molecule has 0 amide bonds. The minimum atomic E-state index is 0. The van der Waals surface area contributed by atoms with Crippen LogP contribution in [-0.4, -0.2) is 51.1 Å². The number of nitrogens with zero attached hydrogens (tertiary/aromatic N) is 2. The Balaban J connectivity index is 0. The Morgan fingerprint density at radius 2 is 1.00 bits per heavy atom. The van der Waals surface area contributed by atoms with Gasteiger partial charge in [0.25, 0.3) is 0 Å². The number of likely N-dealkylation sites (N-methyl/N-ethyl adjacent to an activating group) is 2. The van der Waals surface area contributed by atoms with Crippen LogP contribution < -0.4 is 0 Å². The van der Waals surface area contributed by atoms with Gasteiger partial charge in [0, 0.05) is 31.6 Å². The third kappa shape index (κ3) is 11.9. The molecule has 0 N–H and O–H groups in total. The van der Waals surface area contributed by atoms with Crippen LogP contribution in [0, 0.1) is 0 Å². The molecular weight excluding hydrogens is 151 g/mol. The molecule has 0 spiro atoms. The number of hydrogen-bond acceptors (Lipinski definition) is 2. The molecule has 0 aliphatic heterocycles. The van der Waals surface area contributed by atoms with Gasteiger partial charge < -0.3 is 9.80 Å². The van der Waals surface area contributed by atoms with Crippen LogP contribution in [0.1, 0.15) is 0 Å². The Kier molecular flexibility index (Phi) is 8.98. The van der Waals surface area contributed by atoms with Crippen LogP contribution in [0.25, 0.3) is 0 Å². The fourth-order valence-corrected chi connectivity index (χ4v) is 0.400. The minimum Gasteiger partial charge on any atom is -0.308 e. The van der Waals surface area contributed by atoms with Gasteiger partial charge in [0.1, 0.15) is 0 Å². The van der Waals surface area contributed by atoms with Gasteiger partial charge in [0.15, 0.2) is 0 Å². The van der Waals surface area contributed by atoms with Crippen molar-refractivity contribution in [3.05, 3.63) is 0 Å². The molecule has 0 aromatic carbocycles. The van der Waals surface area contributed by atoms with Crippen LogP contribution in [0.4, 0.5) is 0 Å². The Morgan fingerprint density at radius 3 is 1.11 bits per heavy atom. The molecule has 0 atom stereocenters. The Labute approximate surface area is 70.1 Å². The van der Waals surface area contributed by atoms with E-state index in [0.717, 1.165) is 13.1 Å². The second-order valence-electron chi connectivity index (χ2n) is 2.61. The summed E-state index contributed by atoms with van der Waals surface area (Å²) in [6.45, 7) is 2.29. The van der Waals surface area contributed by atoms with Crippen molar-refractivity contribution in [2.24, 2.45) is 0 Å². The fraction of sp³-hybridized carbons (Fsp3) is 1.00. The van der Waals surface area contributed by atoms with E-state index in [-0.39, 0.29) is 18.6 Å². The van der Waals surface area contributed by atoms with E-state index in [9.17, 15) is 0 Å². The summed E-state index contributed by atoms with van der Waals surface area (Å²) in [5.74, 6) is 0. The smallest absolute Gasteiger partial charge is 0.0103 e. The topological polar surface area (TPSA) is 6.48 Å². The maximum absolute atomic E-state index is 2.18. The van der Waals surface area contributed by atoms with E-state index in [1.165, 1.54) is 0 Å². The molecule has 0 aliphatic rings. The fourth-order valence-electron chi connectivity index (χ4n) is 0.400. The zero-order chi connectivity index (χ0) is 6.57. The van der Waals surface area contributed by atoms with E-state index < -0.39 is 0 Å². The van der Waals surface area contributed by atoms with Crippen molar-refractivity contribution in [2.75, 3.05) is 41.3 Å². The molecule has 1 radical (unpaired) electrons. The molecule has 0 aromatic rings. The van der Waals surface area contributed by atoms with Gasteiger partial charge in [-0.05, 0) is 28.2 Å². The molecule has 0 bridgehead atoms. The van der Waals surface area contributed by atoms with E-state index in [0.29, 0.717) is 0 Å². The predicted octanol–water partition coefficient (Wildman–Crippen LogP) is 0.107. The van der Waals surface area contributed by atoms with Gasteiger partial charge >= 0.3 is 0 Å². The van der Waals surface area contributed by atoms with Crippen LogP contribution in [0.3, 0.4) is 0 Å². The first-order valence-electron chi connectivity index (χ1n) is 2.92. The van der Waals surface area contributed by atoms with Crippen LogP contribution >= 0.6 is 0 Å². The van der Waals surface area contributed by atoms with E-state index in [2.05, 4.69) is 38.0 Å². The number of rotatable bonds is 3. The van der Waals surface area contributed by atoms with Crippen molar-refractivity contribution in [1.29, 1.82) is 0 Å². The average molecular weight is 167 g/mol. The quantitative estimate of drug-likeness (QED) is 0.588. The zero-order valence-electron chi connectivity index (χ0n) is 6.76. The first-order chi connectivity index (χ1) is 3.63. The Bertz CT molecular complexity index is 47.0. The van der Waals surface area contributed by atoms with Crippen molar-refractivity contribution in [3.63, 3.8) is 0 Å². The first-order valence-corrected chi connectivity index (χ1v) is 2.92. The van der Waals surface area contributed by atoms with Gasteiger partial charge in [-0.1, -0.05) is 0 Å². The van der Waals surface area contributed by atoms with Crippen LogP contribution in [0.15, 0.2) is 0 Å². The van der Waals surface area contributed by atoms with E-state index in [1.54, 1.807) is 0 Å². The van der Waals surface area contributed by atoms with Crippen LogP contribution in [0.2, 0.25) is 0 Å². The minimum absolute atomic E-state index is 0. The molecule has 0 saturated carbocycles. The SMILES string of the molecule is CN(C)CCN(C)C.[V]. The molecule has 0 unspecified atom stereocenters. The van der Waals surface area contributed by atoms with Crippen molar-refractivity contribution < 1.29 is 18.6 Å². The van der Waals surface area contributed by atoms with Gasteiger partial charge in [-0.15, -0.1) is 0 Å². The molecule has 9 heavy (non-hydrogen) atoms. The van der Waals surface area contributed by atoms with Crippen LogP contribution in [0.5, 0.6) is 0 Å². The van der Waals surface area contributed by atoms with E-state index in [4.69, 9.17) is 0 Å². The second-order valence-corrected chi connectivity index (χ2v) is 2.61. The molecule has 3 heteroatoms. The summed E-state index contributed by atoms with van der Waals surface area (Å²) in [6, 6.07) is 0. The molecule has 0 aliphatic carbocycles. The van der Waals surface area contributed by atoms with Crippen LogP contribution in [-0.2, 0) is 18.6 Å². The van der Waals surface area contributed by atoms with Gasteiger partial charge in [-0.3, -0.25) is 0 Å². The first kappa shape index (κ1) is 12.2. The van der Waals surface area contributed by atoms with E-state index >= 15 is 0 Å². The summed E-state index contributed by atoms with van der Waals surface area (Å²) < 4.78 is 0. The molecule has 55 valence electrons.